The molecule has 12 heteroatoms. The molecule has 6 aliphatic heterocycles. The van der Waals surface area contributed by atoms with Gasteiger partial charge in [0.05, 0.1) is 106 Å². The second kappa shape index (κ2) is 24.4. The van der Waals surface area contributed by atoms with E-state index >= 15 is 0 Å². The predicted octanol–water partition coefficient (Wildman–Crippen LogP) is 3.66. The summed E-state index contributed by atoms with van der Waals surface area (Å²) in [5.41, 5.74) is 5.41. The van der Waals surface area contributed by atoms with Crippen LogP contribution in [0.2, 0.25) is 0 Å². The fourth-order valence-corrected chi connectivity index (χ4v) is 4.74. The van der Waals surface area contributed by atoms with Gasteiger partial charge in [-0.15, -0.1) is 0 Å². The summed E-state index contributed by atoms with van der Waals surface area (Å²) >= 11 is 0. The highest BCUT2D eigenvalue weighted by Crippen LogP contribution is 2.21. The van der Waals surface area contributed by atoms with E-state index in [4.69, 9.17) is 37.9 Å². The predicted molar refractivity (Wildman–Crippen MR) is 187 cm³/mol. The van der Waals surface area contributed by atoms with Gasteiger partial charge in [-0.3, -0.25) is 9.59 Å². The summed E-state index contributed by atoms with van der Waals surface area (Å²) in [4.78, 5) is 24.8. The zero-order chi connectivity index (χ0) is 34.9. The smallest absolute Gasteiger partial charge is 0.251 e. The molecule has 3 aromatic rings. The third-order valence-electron chi connectivity index (χ3n) is 7.48. The Hall–Kier alpha value is -3.72. The molecular weight excluding hydrogens is 644 g/mol. The van der Waals surface area contributed by atoms with Crippen LogP contribution in [0.3, 0.4) is 0 Å². The minimum atomic E-state index is -0.238. The molecule has 50 heavy (non-hydrogen) atoms. The molecule has 9 rings (SSSR count). The summed E-state index contributed by atoms with van der Waals surface area (Å²) in [7, 11) is 0. The lowest BCUT2D eigenvalue weighted by Gasteiger charge is -2.10. The number of rotatable bonds is 0. The molecule has 3 aromatic carbocycles. The number of hydrogen-bond donors (Lipinski definition) is 2. The first-order valence-corrected chi connectivity index (χ1v) is 17.2. The topological polar surface area (TPSA) is 132 Å². The van der Waals surface area contributed by atoms with Crippen molar-refractivity contribution in [2.75, 3.05) is 106 Å². The van der Waals surface area contributed by atoms with Gasteiger partial charge in [0.25, 0.3) is 11.8 Å². The summed E-state index contributed by atoms with van der Waals surface area (Å²) in [5.74, 6) is -0.476. The molecule has 6 heterocycles. The van der Waals surface area contributed by atoms with Crippen LogP contribution in [0.25, 0.3) is 11.1 Å². The minimum Gasteiger partial charge on any atom is -0.377 e. The van der Waals surface area contributed by atoms with Crippen molar-refractivity contribution in [1.82, 2.24) is 10.6 Å². The lowest BCUT2D eigenvalue weighted by molar-refractivity contribution is -0.00372. The SMILES string of the molecule is O=C1NCCOCCOCCOCCOCc2ccc(cc2)-c2ccc(cc2)COCCOCCOCCOCCNC(=O)c2ccc1cc2. The van der Waals surface area contributed by atoms with Gasteiger partial charge in [0, 0.05) is 24.2 Å². The summed E-state index contributed by atoms with van der Waals surface area (Å²) in [5, 5.41) is 5.61. The molecular formula is C38H50N2O10. The largest absolute Gasteiger partial charge is 0.377 e. The average molecular weight is 695 g/mol. The maximum Gasteiger partial charge on any atom is 0.251 e. The van der Waals surface area contributed by atoms with Crippen LogP contribution in [0, 0.1) is 0 Å². The third-order valence-corrected chi connectivity index (χ3v) is 7.48. The maximum absolute atomic E-state index is 12.4. The van der Waals surface area contributed by atoms with E-state index in [0.717, 1.165) is 22.3 Å². The van der Waals surface area contributed by atoms with Crippen molar-refractivity contribution in [3.05, 3.63) is 95.1 Å². The van der Waals surface area contributed by atoms with Crippen LogP contribution in [0.15, 0.2) is 72.8 Å². The zero-order valence-electron chi connectivity index (χ0n) is 28.7. The summed E-state index contributed by atoms with van der Waals surface area (Å²) in [6.07, 6.45) is 0. The first-order chi connectivity index (χ1) is 24.7. The van der Waals surface area contributed by atoms with Gasteiger partial charge < -0.3 is 48.5 Å². The normalized spacial score (nSPS) is 18.7. The number of amides is 2. The number of ether oxygens (including phenoxy) is 8. The second-order valence-corrected chi connectivity index (χ2v) is 11.3. The van der Waals surface area contributed by atoms with E-state index in [9.17, 15) is 9.59 Å². The molecule has 12 nitrogen and oxygen atoms in total. The van der Waals surface area contributed by atoms with Gasteiger partial charge in [-0.2, -0.15) is 0 Å². The molecule has 0 fully saturated rings. The van der Waals surface area contributed by atoms with E-state index in [1.165, 1.54) is 0 Å². The van der Waals surface area contributed by atoms with Crippen molar-refractivity contribution >= 4 is 11.8 Å². The van der Waals surface area contributed by atoms with Crippen LogP contribution in [-0.4, -0.2) is 117 Å². The van der Waals surface area contributed by atoms with Gasteiger partial charge >= 0.3 is 0 Å². The van der Waals surface area contributed by atoms with E-state index in [1.54, 1.807) is 24.3 Å². The summed E-state index contributed by atoms with van der Waals surface area (Å²) < 4.78 is 44.8. The Morgan fingerprint density at radius 1 is 0.320 bits per heavy atom. The van der Waals surface area contributed by atoms with E-state index in [2.05, 4.69) is 59.2 Å². The first-order valence-electron chi connectivity index (χ1n) is 17.2. The van der Waals surface area contributed by atoms with Crippen molar-refractivity contribution in [3.63, 3.8) is 0 Å². The molecule has 0 saturated heterocycles. The van der Waals surface area contributed by atoms with Gasteiger partial charge in [0.1, 0.15) is 0 Å². The summed E-state index contributed by atoms with van der Waals surface area (Å²) in [6, 6.07) is 23.2. The van der Waals surface area contributed by atoms with E-state index in [1.807, 2.05) is 0 Å². The molecule has 0 radical (unpaired) electrons. The lowest BCUT2D eigenvalue weighted by atomic mass is 10.0. The van der Waals surface area contributed by atoms with Crippen molar-refractivity contribution in [1.29, 1.82) is 0 Å². The van der Waals surface area contributed by atoms with E-state index in [-0.39, 0.29) is 11.8 Å². The van der Waals surface area contributed by atoms with E-state index in [0.29, 0.717) is 130 Å². The maximum atomic E-state index is 12.4. The zero-order valence-corrected chi connectivity index (χ0v) is 28.7. The van der Waals surface area contributed by atoms with Crippen molar-refractivity contribution in [2.45, 2.75) is 13.2 Å². The van der Waals surface area contributed by atoms with E-state index < -0.39 is 0 Å². The van der Waals surface area contributed by atoms with Crippen molar-refractivity contribution in [2.24, 2.45) is 0 Å². The first kappa shape index (κ1) is 39.1. The Morgan fingerprint density at radius 2 is 0.580 bits per heavy atom. The number of nitrogens with one attached hydrogen (secondary N) is 2. The monoisotopic (exact) mass is 694 g/mol. The Bertz CT molecular complexity index is 1250. The Labute approximate surface area is 294 Å². The van der Waals surface area contributed by atoms with Crippen LogP contribution >= 0.6 is 0 Å². The summed E-state index contributed by atoms with van der Waals surface area (Å²) in [6.45, 7) is 7.99. The number of carbonyl (C=O) groups is 2. The third kappa shape index (κ3) is 15.9. The molecule has 6 bridgehead atoms. The highest BCUT2D eigenvalue weighted by Gasteiger charge is 2.09. The van der Waals surface area contributed by atoms with Gasteiger partial charge in [-0.25, -0.2) is 0 Å². The van der Waals surface area contributed by atoms with Gasteiger partial charge in [-0.05, 0) is 46.5 Å². The van der Waals surface area contributed by atoms with Gasteiger partial charge in [-0.1, -0.05) is 48.5 Å². The molecule has 272 valence electrons. The van der Waals surface area contributed by atoms with Crippen LogP contribution in [-0.2, 0) is 51.1 Å². The van der Waals surface area contributed by atoms with Gasteiger partial charge in [0.2, 0.25) is 0 Å². The van der Waals surface area contributed by atoms with Gasteiger partial charge in [0.15, 0.2) is 0 Å². The standard InChI is InChI=1S/C38H50N2O10/c41-37-35-9-11-36(12-10-35)38(42)40-14-16-44-18-20-46-22-24-48-26-28-50-30-32-3-7-34(8-4-32)33-5-1-31(2-6-33)29-49-27-25-47-23-21-45-19-17-43-15-13-39-37/h1-12H,13-30H2,(H,39,41)(H,40,42). The van der Waals surface area contributed by atoms with Crippen molar-refractivity contribution in [3.8, 4) is 11.1 Å². The number of benzene rings is 3. The molecule has 2 N–H and O–H groups in total. The minimum absolute atomic E-state index is 0.238. The molecule has 0 atom stereocenters. The van der Waals surface area contributed by atoms with Crippen molar-refractivity contribution < 1.29 is 47.5 Å². The molecule has 0 aliphatic carbocycles. The Balaban J connectivity index is 1.15. The molecule has 0 aromatic heterocycles. The lowest BCUT2D eigenvalue weighted by Crippen LogP contribution is -2.29. The highest BCUT2D eigenvalue weighted by molar-refractivity contribution is 5.97. The fourth-order valence-electron chi connectivity index (χ4n) is 4.74. The Kier molecular flexibility index (Phi) is 19.1. The van der Waals surface area contributed by atoms with Crippen LogP contribution in [0.4, 0.5) is 0 Å². The molecule has 0 spiro atoms. The quantitative estimate of drug-likeness (QED) is 0.360. The fraction of sp³-hybridized carbons (Fsp3) is 0.474. The van der Waals surface area contributed by atoms with Crippen LogP contribution in [0.1, 0.15) is 31.8 Å². The molecule has 0 saturated carbocycles. The molecule has 2 amide bonds. The number of carbonyl (C=O) groups excluding carboxylic acids is 2. The van der Waals surface area contributed by atoms with Crippen LogP contribution in [0.5, 0.6) is 0 Å². The van der Waals surface area contributed by atoms with Crippen LogP contribution < -0.4 is 10.6 Å². The molecule has 0 unspecified atom stereocenters. The second-order valence-electron chi connectivity index (χ2n) is 11.3. The molecule has 6 aliphatic rings. The highest BCUT2D eigenvalue weighted by atomic mass is 16.6. The number of hydrogen-bond acceptors (Lipinski definition) is 10. The average Bonchev–Trinajstić information content (AvgIpc) is 3.15. The Morgan fingerprint density at radius 3 is 0.900 bits per heavy atom.